The molecule has 3 aromatic rings. The molecule has 1 N–H and O–H groups in total. The lowest BCUT2D eigenvalue weighted by Crippen LogP contribution is -2.35. The van der Waals surface area contributed by atoms with Gasteiger partial charge in [-0.3, -0.25) is 19.3 Å². The number of imide groups is 1. The van der Waals surface area contributed by atoms with E-state index in [0.29, 0.717) is 11.1 Å². The first-order valence-corrected chi connectivity index (χ1v) is 9.24. The highest BCUT2D eigenvalue weighted by Gasteiger charge is 2.35. The van der Waals surface area contributed by atoms with E-state index in [2.05, 4.69) is 15.4 Å². The van der Waals surface area contributed by atoms with Crippen molar-refractivity contribution in [2.45, 2.75) is 19.4 Å². The van der Waals surface area contributed by atoms with Gasteiger partial charge in [0.25, 0.3) is 11.8 Å². The molecule has 29 heavy (non-hydrogen) atoms. The molecule has 1 unspecified atom stereocenters. The van der Waals surface area contributed by atoms with Crippen LogP contribution in [-0.2, 0) is 4.79 Å². The van der Waals surface area contributed by atoms with Gasteiger partial charge in [-0.15, -0.1) is 0 Å². The summed E-state index contributed by atoms with van der Waals surface area (Å²) in [5, 5.41) is 6.98. The molecule has 146 valence electrons. The third-order valence-corrected chi connectivity index (χ3v) is 4.89. The number of nitrogens with zero attached hydrogens (tertiary/aromatic N) is 4. The van der Waals surface area contributed by atoms with E-state index >= 15 is 0 Å². The summed E-state index contributed by atoms with van der Waals surface area (Å²) in [6.45, 7) is 1.93. The van der Waals surface area contributed by atoms with Crippen LogP contribution < -0.4 is 5.32 Å². The summed E-state index contributed by atoms with van der Waals surface area (Å²) in [5.41, 5.74) is 2.58. The Morgan fingerprint density at radius 2 is 1.69 bits per heavy atom. The lowest BCUT2D eigenvalue weighted by molar-refractivity contribution is -0.121. The van der Waals surface area contributed by atoms with Crippen LogP contribution in [0.4, 0.5) is 0 Å². The molecule has 0 saturated heterocycles. The van der Waals surface area contributed by atoms with Crippen LogP contribution in [0.5, 0.6) is 0 Å². The first-order chi connectivity index (χ1) is 14.0. The summed E-state index contributed by atoms with van der Waals surface area (Å²) in [4.78, 5) is 42.1. The molecule has 1 atom stereocenters. The minimum atomic E-state index is -0.352. The number of carbonyl (C=O) groups is 3. The SMILES string of the molecule is CC(NC(=O)CCN1C(=O)c2ccccc2C1=O)c1ccc(-n2cncn2)cc1. The average Bonchev–Trinajstić information content (AvgIpc) is 3.35. The fourth-order valence-corrected chi connectivity index (χ4v) is 3.31. The fraction of sp³-hybridized carbons (Fsp3) is 0.190. The van der Waals surface area contributed by atoms with Crippen molar-refractivity contribution in [3.05, 3.63) is 77.9 Å². The predicted octanol–water partition coefficient (Wildman–Crippen LogP) is 2.13. The van der Waals surface area contributed by atoms with Gasteiger partial charge in [-0.1, -0.05) is 24.3 Å². The molecule has 8 nitrogen and oxygen atoms in total. The second-order valence-corrected chi connectivity index (χ2v) is 6.78. The maximum Gasteiger partial charge on any atom is 0.261 e. The van der Waals surface area contributed by atoms with Gasteiger partial charge in [-0.25, -0.2) is 9.67 Å². The van der Waals surface area contributed by atoms with E-state index in [1.807, 2.05) is 31.2 Å². The van der Waals surface area contributed by atoms with Gasteiger partial charge in [0.05, 0.1) is 22.9 Å². The molecular weight excluding hydrogens is 370 g/mol. The van der Waals surface area contributed by atoms with Crippen molar-refractivity contribution in [1.82, 2.24) is 25.0 Å². The zero-order valence-electron chi connectivity index (χ0n) is 15.8. The van der Waals surface area contributed by atoms with E-state index in [1.165, 1.54) is 6.33 Å². The number of aromatic nitrogens is 3. The average molecular weight is 389 g/mol. The Morgan fingerprint density at radius 3 is 2.28 bits per heavy atom. The van der Waals surface area contributed by atoms with Gasteiger partial charge in [-0.2, -0.15) is 5.10 Å². The number of hydrogen-bond donors (Lipinski definition) is 1. The van der Waals surface area contributed by atoms with Crippen LogP contribution in [0.25, 0.3) is 5.69 Å². The van der Waals surface area contributed by atoms with E-state index in [4.69, 9.17) is 0 Å². The van der Waals surface area contributed by atoms with Gasteiger partial charge >= 0.3 is 0 Å². The number of nitrogens with one attached hydrogen (secondary N) is 1. The number of rotatable bonds is 6. The monoisotopic (exact) mass is 389 g/mol. The van der Waals surface area contributed by atoms with Crippen molar-refractivity contribution in [2.24, 2.45) is 0 Å². The van der Waals surface area contributed by atoms with Gasteiger partial charge in [0.15, 0.2) is 0 Å². The van der Waals surface area contributed by atoms with Gasteiger partial charge in [0, 0.05) is 13.0 Å². The first kappa shape index (κ1) is 18.5. The van der Waals surface area contributed by atoms with Crippen molar-refractivity contribution >= 4 is 17.7 Å². The zero-order chi connectivity index (χ0) is 20.4. The Balaban J connectivity index is 1.33. The number of hydrogen-bond acceptors (Lipinski definition) is 5. The highest BCUT2D eigenvalue weighted by molar-refractivity contribution is 6.21. The number of carbonyl (C=O) groups excluding carboxylic acids is 3. The second kappa shape index (κ2) is 7.67. The number of benzene rings is 2. The molecule has 1 aliphatic heterocycles. The molecule has 1 aromatic heterocycles. The van der Waals surface area contributed by atoms with Crippen LogP contribution in [0.15, 0.2) is 61.2 Å². The van der Waals surface area contributed by atoms with Crippen molar-refractivity contribution < 1.29 is 14.4 Å². The van der Waals surface area contributed by atoms with E-state index in [1.54, 1.807) is 35.3 Å². The van der Waals surface area contributed by atoms with Crippen LogP contribution in [0.1, 0.15) is 45.7 Å². The summed E-state index contributed by atoms with van der Waals surface area (Å²) in [6.07, 6.45) is 3.12. The van der Waals surface area contributed by atoms with Gasteiger partial charge in [0.2, 0.25) is 5.91 Å². The normalized spacial score (nSPS) is 14.0. The molecule has 8 heteroatoms. The van der Waals surface area contributed by atoms with Crippen molar-refractivity contribution in [2.75, 3.05) is 6.54 Å². The smallest absolute Gasteiger partial charge is 0.261 e. The molecule has 1 aliphatic rings. The Morgan fingerprint density at radius 1 is 1.03 bits per heavy atom. The Bertz CT molecular complexity index is 1030. The number of fused-ring (bicyclic) bond motifs is 1. The van der Waals surface area contributed by atoms with Gasteiger partial charge in [-0.05, 0) is 36.8 Å². The Labute approximate surface area is 167 Å². The van der Waals surface area contributed by atoms with Crippen LogP contribution >= 0.6 is 0 Å². The van der Waals surface area contributed by atoms with E-state index < -0.39 is 0 Å². The van der Waals surface area contributed by atoms with Crippen LogP contribution in [0.2, 0.25) is 0 Å². The largest absolute Gasteiger partial charge is 0.350 e. The molecule has 3 amide bonds. The standard InChI is InChI=1S/C21H19N5O3/c1-14(15-6-8-16(9-7-15)26-13-22-12-23-26)24-19(27)10-11-25-20(28)17-4-2-3-5-18(17)21(25)29/h2-9,12-14H,10-11H2,1H3,(H,24,27). The third kappa shape index (κ3) is 3.64. The van der Waals surface area contributed by atoms with E-state index in [9.17, 15) is 14.4 Å². The molecule has 0 aliphatic carbocycles. The molecule has 0 fully saturated rings. The molecular formula is C21H19N5O3. The minimum Gasteiger partial charge on any atom is -0.350 e. The fourth-order valence-electron chi connectivity index (χ4n) is 3.31. The zero-order valence-corrected chi connectivity index (χ0v) is 15.8. The molecule has 2 aromatic carbocycles. The summed E-state index contributed by atoms with van der Waals surface area (Å²) < 4.78 is 1.65. The van der Waals surface area contributed by atoms with Gasteiger partial charge in [0.1, 0.15) is 12.7 Å². The highest BCUT2D eigenvalue weighted by atomic mass is 16.2. The summed E-state index contributed by atoms with van der Waals surface area (Å²) >= 11 is 0. The lowest BCUT2D eigenvalue weighted by Gasteiger charge is -2.17. The molecule has 2 heterocycles. The maximum atomic E-state index is 12.4. The Hall–Kier alpha value is -3.81. The van der Waals surface area contributed by atoms with E-state index in [0.717, 1.165) is 16.2 Å². The lowest BCUT2D eigenvalue weighted by atomic mass is 10.1. The maximum absolute atomic E-state index is 12.4. The molecule has 0 spiro atoms. The second-order valence-electron chi connectivity index (χ2n) is 6.78. The summed E-state index contributed by atoms with van der Waals surface area (Å²) in [5.74, 6) is -0.931. The minimum absolute atomic E-state index is 0.0485. The summed E-state index contributed by atoms with van der Waals surface area (Å²) in [6, 6.07) is 14.1. The summed E-state index contributed by atoms with van der Waals surface area (Å²) in [7, 11) is 0. The van der Waals surface area contributed by atoms with Crippen molar-refractivity contribution in [3.63, 3.8) is 0 Å². The number of amides is 3. The molecule has 0 bridgehead atoms. The first-order valence-electron chi connectivity index (χ1n) is 9.24. The van der Waals surface area contributed by atoms with Crippen molar-refractivity contribution in [3.8, 4) is 5.69 Å². The van der Waals surface area contributed by atoms with Crippen LogP contribution in [0, 0.1) is 0 Å². The molecule has 0 saturated carbocycles. The predicted molar refractivity (Wildman–Crippen MR) is 104 cm³/mol. The van der Waals surface area contributed by atoms with Gasteiger partial charge < -0.3 is 5.32 Å². The quantitative estimate of drug-likeness (QED) is 0.652. The van der Waals surface area contributed by atoms with Crippen LogP contribution in [0.3, 0.4) is 0 Å². The highest BCUT2D eigenvalue weighted by Crippen LogP contribution is 2.22. The molecule has 0 radical (unpaired) electrons. The Kier molecular flexibility index (Phi) is 4.90. The topological polar surface area (TPSA) is 97.2 Å². The third-order valence-electron chi connectivity index (χ3n) is 4.89. The van der Waals surface area contributed by atoms with Crippen LogP contribution in [-0.4, -0.2) is 43.9 Å². The molecule has 4 rings (SSSR count). The van der Waals surface area contributed by atoms with E-state index in [-0.39, 0.29) is 36.7 Å². The van der Waals surface area contributed by atoms with Crippen molar-refractivity contribution in [1.29, 1.82) is 0 Å².